The topological polar surface area (TPSA) is 38.3 Å². The van der Waals surface area contributed by atoms with E-state index in [1.807, 2.05) is 19.9 Å². The van der Waals surface area contributed by atoms with Gasteiger partial charge in [0.1, 0.15) is 12.4 Å². The van der Waals surface area contributed by atoms with E-state index in [4.69, 9.17) is 4.74 Å². The molecule has 0 bridgehead atoms. The number of carbonyl (C=O) groups excluding carboxylic acids is 1. The second kappa shape index (κ2) is 5.95. The van der Waals surface area contributed by atoms with Crippen LogP contribution in [0.5, 0.6) is 5.75 Å². The van der Waals surface area contributed by atoms with E-state index in [-0.39, 0.29) is 11.9 Å². The lowest BCUT2D eigenvalue weighted by Gasteiger charge is -2.09. The van der Waals surface area contributed by atoms with E-state index >= 15 is 0 Å². The Morgan fingerprint density at radius 2 is 2.31 bits per heavy atom. The maximum Gasteiger partial charge on any atom is 0.251 e. The van der Waals surface area contributed by atoms with Crippen molar-refractivity contribution in [2.45, 2.75) is 19.9 Å². The van der Waals surface area contributed by atoms with Gasteiger partial charge < -0.3 is 10.1 Å². The van der Waals surface area contributed by atoms with Crippen LogP contribution in [0.15, 0.2) is 36.9 Å². The molecule has 0 fully saturated rings. The van der Waals surface area contributed by atoms with Gasteiger partial charge in [-0.05, 0) is 32.0 Å². The highest BCUT2D eigenvalue weighted by atomic mass is 16.5. The number of carbonyl (C=O) groups is 1. The number of amides is 1. The highest BCUT2D eigenvalue weighted by Gasteiger charge is 2.07. The Morgan fingerprint density at radius 1 is 1.56 bits per heavy atom. The molecule has 3 heteroatoms. The molecule has 0 aliphatic carbocycles. The van der Waals surface area contributed by atoms with Crippen molar-refractivity contribution in [1.29, 1.82) is 0 Å². The molecule has 0 radical (unpaired) electrons. The van der Waals surface area contributed by atoms with Gasteiger partial charge in [-0.1, -0.05) is 18.7 Å². The van der Waals surface area contributed by atoms with Gasteiger partial charge in [0.25, 0.3) is 5.91 Å². The summed E-state index contributed by atoms with van der Waals surface area (Å²) in [7, 11) is 0. The summed E-state index contributed by atoms with van der Waals surface area (Å²) in [6.07, 6.45) is 1.67. The Bertz CT molecular complexity index is 372. The van der Waals surface area contributed by atoms with Crippen molar-refractivity contribution in [3.63, 3.8) is 0 Å². The van der Waals surface area contributed by atoms with Crippen molar-refractivity contribution < 1.29 is 9.53 Å². The molecule has 0 spiro atoms. The van der Waals surface area contributed by atoms with Gasteiger partial charge in [-0.2, -0.15) is 0 Å². The summed E-state index contributed by atoms with van der Waals surface area (Å²) < 4.78 is 5.35. The first-order valence-electron chi connectivity index (χ1n) is 5.28. The van der Waals surface area contributed by atoms with Crippen molar-refractivity contribution in [3.8, 4) is 5.75 Å². The molecule has 0 unspecified atom stereocenters. The van der Waals surface area contributed by atoms with Gasteiger partial charge in [-0.15, -0.1) is 0 Å². The van der Waals surface area contributed by atoms with E-state index in [2.05, 4.69) is 11.9 Å². The lowest BCUT2D eigenvalue weighted by molar-refractivity contribution is 0.0942. The van der Waals surface area contributed by atoms with Crippen molar-refractivity contribution in [2.75, 3.05) is 6.61 Å². The zero-order valence-corrected chi connectivity index (χ0v) is 9.69. The molecule has 0 saturated heterocycles. The summed E-state index contributed by atoms with van der Waals surface area (Å²) in [5, 5.41) is 2.83. The molecule has 3 nitrogen and oxygen atoms in total. The minimum absolute atomic E-state index is 0.0842. The molecule has 1 rings (SSSR count). The number of rotatable bonds is 5. The normalized spacial score (nSPS) is 9.94. The Hall–Kier alpha value is -1.77. The van der Waals surface area contributed by atoms with Gasteiger partial charge in [-0.3, -0.25) is 4.79 Å². The van der Waals surface area contributed by atoms with Gasteiger partial charge in [0.2, 0.25) is 0 Å². The summed E-state index contributed by atoms with van der Waals surface area (Å²) in [5.74, 6) is 0.593. The third-order valence-corrected chi connectivity index (χ3v) is 1.88. The summed E-state index contributed by atoms with van der Waals surface area (Å²) in [5.41, 5.74) is 0.607. The van der Waals surface area contributed by atoms with Crippen molar-refractivity contribution in [2.24, 2.45) is 0 Å². The van der Waals surface area contributed by atoms with Crippen LogP contribution in [0.25, 0.3) is 0 Å². The monoisotopic (exact) mass is 219 g/mol. The summed E-state index contributed by atoms with van der Waals surface area (Å²) in [4.78, 5) is 11.7. The predicted molar refractivity (Wildman–Crippen MR) is 64.7 cm³/mol. The molecule has 86 valence electrons. The lowest BCUT2D eigenvalue weighted by Crippen LogP contribution is -2.30. The smallest absolute Gasteiger partial charge is 0.251 e. The van der Waals surface area contributed by atoms with Crippen LogP contribution in [0, 0.1) is 0 Å². The molecule has 16 heavy (non-hydrogen) atoms. The van der Waals surface area contributed by atoms with Crippen LogP contribution >= 0.6 is 0 Å². The summed E-state index contributed by atoms with van der Waals surface area (Å²) in [6.45, 7) is 7.86. The SMILES string of the molecule is C=CCOc1cccc(C(=O)NC(C)C)c1. The van der Waals surface area contributed by atoms with E-state index in [1.165, 1.54) is 0 Å². The molecule has 0 atom stereocenters. The molecular weight excluding hydrogens is 202 g/mol. The molecule has 1 N–H and O–H groups in total. The second-order valence-electron chi connectivity index (χ2n) is 3.76. The number of hydrogen-bond donors (Lipinski definition) is 1. The van der Waals surface area contributed by atoms with Crippen LogP contribution in [0.1, 0.15) is 24.2 Å². The molecule has 1 amide bonds. The average molecular weight is 219 g/mol. The van der Waals surface area contributed by atoms with E-state index in [1.54, 1.807) is 24.3 Å². The van der Waals surface area contributed by atoms with Crippen LogP contribution in [-0.2, 0) is 0 Å². The Kier molecular flexibility index (Phi) is 4.58. The molecule has 0 aromatic heterocycles. The third kappa shape index (κ3) is 3.77. The zero-order valence-electron chi connectivity index (χ0n) is 9.69. The van der Waals surface area contributed by atoms with E-state index in [0.29, 0.717) is 17.9 Å². The number of ether oxygens (including phenoxy) is 1. The highest BCUT2D eigenvalue weighted by Crippen LogP contribution is 2.13. The fraction of sp³-hybridized carbons (Fsp3) is 0.308. The van der Waals surface area contributed by atoms with Crippen molar-refractivity contribution in [3.05, 3.63) is 42.5 Å². The standard InChI is InChI=1S/C13H17NO2/c1-4-8-16-12-7-5-6-11(9-12)13(15)14-10(2)3/h4-7,9-10H,1,8H2,2-3H3,(H,14,15). The fourth-order valence-electron chi connectivity index (χ4n) is 1.23. The quantitative estimate of drug-likeness (QED) is 0.772. The van der Waals surface area contributed by atoms with Crippen LogP contribution in [-0.4, -0.2) is 18.6 Å². The maximum absolute atomic E-state index is 11.7. The fourth-order valence-corrected chi connectivity index (χ4v) is 1.23. The molecule has 1 aromatic carbocycles. The Labute approximate surface area is 96.1 Å². The number of nitrogens with one attached hydrogen (secondary N) is 1. The first kappa shape index (κ1) is 12.3. The Balaban J connectivity index is 2.73. The van der Waals surface area contributed by atoms with Crippen molar-refractivity contribution in [1.82, 2.24) is 5.32 Å². The van der Waals surface area contributed by atoms with E-state index in [0.717, 1.165) is 0 Å². The molecule has 0 heterocycles. The van der Waals surface area contributed by atoms with Crippen LogP contribution < -0.4 is 10.1 Å². The van der Waals surface area contributed by atoms with Gasteiger partial charge in [-0.25, -0.2) is 0 Å². The molecule has 1 aromatic rings. The number of benzene rings is 1. The van der Waals surface area contributed by atoms with Gasteiger partial charge in [0.15, 0.2) is 0 Å². The minimum Gasteiger partial charge on any atom is -0.490 e. The molecule has 0 aliphatic heterocycles. The first-order valence-corrected chi connectivity index (χ1v) is 5.28. The molecule has 0 aliphatic rings. The van der Waals surface area contributed by atoms with Crippen LogP contribution in [0.2, 0.25) is 0 Å². The van der Waals surface area contributed by atoms with Gasteiger partial charge >= 0.3 is 0 Å². The lowest BCUT2D eigenvalue weighted by atomic mass is 10.2. The molecular formula is C13H17NO2. The van der Waals surface area contributed by atoms with Crippen LogP contribution in [0.4, 0.5) is 0 Å². The summed E-state index contributed by atoms with van der Waals surface area (Å²) >= 11 is 0. The Morgan fingerprint density at radius 3 is 2.94 bits per heavy atom. The van der Waals surface area contributed by atoms with Gasteiger partial charge in [0, 0.05) is 11.6 Å². The van der Waals surface area contributed by atoms with Crippen LogP contribution in [0.3, 0.4) is 0 Å². The second-order valence-corrected chi connectivity index (χ2v) is 3.76. The highest BCUT2D eigenvalue weighted by molar-refractivity contribution is 5.94. The first-order chi connectivity index (χ1) is 7.63. The minimum atomic E-state index is -0.0842. The van der Waals surface area contributed by atoms with Gasteiger partial charge in [0.05, 0.1) is 0 Å². The van der Waals surface area contributed by atoms with E-state index < -0.39 is 0 Å². The largest absolute Gasteiger partial charge is 0.490 e. The summed E-state index contributed by atoms with van der Waals surface area (Å²) in [6, 6.07) is 7.23. The average Bonchev–Trinajstić information content (AvgIpc) is 2.26. The maximum atomic E-state index is 11.7. The van der Waals surface area contributed by atoms with Crippen molar-refractivity contribution >= 4 is 5.91 Å². The third-order valence-electron chi connectivity index (χ3n) is 1.88. The molecule has 0 saturated carbocycles. The zero-order chi connectivity index (χ0) is 12.0. The van der Waals surface area contributed by atoms with E-state index in [9.17, 15) is 4.79 Å². The predicted octanol–water partition coefficient (Wildman–Crippen LogP) is 2.39. The number of hydrogen-bond acceptors (Lipinski definition) is 2.